The molecule has 17 heavy (non-hydrogen) atoms. The predicted octanol–water partition coefficient (Wildman–Crippen LogP) is -0.518. The molecule has 6 nitrogen and oxygen atoms in total. The van der Waals surface area contributed by atoms with Gasteiger partial charge in [0.25, 0.3) is 0 Å². The van der Waals surface area contributed by atoms with Gasteiger partial charge in [-0.1, -0.05) is 0 Å². The molecular formula is C11H14N2O4. The first kappa shape index (κ1) is 17.3. The highest BCUT2D eigenvalue weighted by Gasteiger charge is 2.03. The van der Waals surface area contributed by atoms with E-state index in [1.807, 2.05) is 12.1 Å². The van der Waals surface area contributed by atoms with Crippen molar-refractivity contribution in [1.82, 2.24) is 9.97 Å². The standard InChI is InChI=1S/C11H8N2O.3H2O/c14-8-10-2-1-5-13-11(10)9-3-6-12-7-4-9;;;/h1-8H;3*1H2. The molecule has 0 amide bonds. The van der Waals surface area contributed by atoms with Crippen molar-refractivity contribution in [2.75, 3.05) is 0 Å². The third-order valence-corrected chi connectivity index (χ3v) is 1.92. The molecule has 2 heterocycles. The van der Waals surface area contributed by atoms with E-state index in [9.17, 15) is 4.79 Å². The average molecular weight is 238 g/mol. The van der Waals surface area contributed by atoms with Crippen molar-refractivity contribution in [3.05, 3.63) is 48.4 Å². The van der Waals surface area contributed by atoms with Gasteiger partial charge < -0.3 is 16.4 Å². The molecule has 0 fully saturated rings. The topological polar surface area (TPSA) is 137 Å². The van der Waals surface area contributed by atoms with Crippen molar-refractivity contribution < 1.29 is 21.2 Å². The zero-order valence-corrected chi connectivity index (χ0v) is 8.92. The number of nitrogens with zero attached hydrogens (tertiary/aromatic N) is 2. The van der Waals surface area contributed by atoms with E-state index < -0.39 is 0 Å². The number of hydrogen-bond donors (Lipinski definition) is 0. The van der Waals surface area contributed by atoms with Crippen LogP contribution in [0, 0.1) is 0 Å². The zero-order chi connectivity index (χ0) is 9.80. The summed E-state index contributed by atoms with van der Waals surface area (Å²) in [4.78, 5) is 18.8. The van der Waals surface area contributed by atoms with Crippen LogP contribution in [-0.2, 0) is 0 Å². The molecule has 0 bridgehead atoms. The Morgan fingerprint density at radius 1 is 0.941 bits per heavy atom. The van der Waals surface area contributed by atoms with Crippen LogP contribution in [0.2, 0.25) is 0 Å². The summed E-state index contributed by atoms with van der Waals surface area (Å²) in [5.74, 6) is 0. The van der Waals surface area contributed by atoms with Crippen LogP contribution in [0.1, 0.15) is 10.4 Å². The van der Waals surface area contributed by atoms with E-state index in [0.29, 0.717) is 11.3 Å². The van der Waals surface area contributed by atoms with Gasteiger partial charge in [0.1, 0.15) is 0 Å². The number of carbonyl (C=O) groups is 1. The molecule has 0 aliphatic carbocycles. The molecule has 0 aliphatic rings. The quantitative estimate of drug-likeness (QED) is 0.650. The van der Waals surface area contributed by atoms with Crippen molar-refractivity contribution in [2.24, 2.45) is 0 Å². The maximum Gasteiger partial charge on any atom is 0.152 e. The van der Waals surface area contributed by atoms with Crippen LogP contribution >= 0.6 is 0 Å². The molecule has 0 saturated carbocycles. The molecule has 0 aromatic carbocycles. The molecule has 0 radical (unpaired) electrons. The molecule has 6 N–H and O–H groups in total. The molecule has 2 aromatic heterocycles. The smallest absolute Gasteiger partial charge is 0.152 e. The predicted molar refractivity (Wildman–Crippen MR) is 63.7 cm³/mol. The normalized spacial score (nSPS) is 8.00. The van der Waals surface area contributed by atoms with Gasteiger partial charge in [0.15, 0.2) is 6.29 Å². The van der Waals surface area contributed by atoms with Gasteiger partial charge in [0, 0.05) is 29.7 Å². The van der Waals surface area contributed by atoms with Crippen LogP contribution in [0.15, 0.2) is 42.9 Å². The SMILES string of the molecule is O.O.O.O=Cc1cccnc1-c1ccncc1. The van der Waals surface area contributed by atoms with Gasteiger partial charge in [-0.2, -0.15) is 0 Å². The second-order valence-electron chi connectivity index (χ2n) is 2.79. The van der Waals surface area contributed by atoms with Crippen molar-refractivity contribution in [3.63, 3.8) is 0 Å². The Labute approximate surface area is 97.9 Å². The lowest BCUT2D eigenvalue weighted by molar-refractivity contribution is 0.112. The number of carbonyl (C=O) groups excluding carboxylic acids is 1. The lowest BCUT2D eigenvalue weighted by Crippen LogP contribution is -1.90. The van der Waals surface area contributed by atoms with Gasteiger partial charge in [-0.05, 0) is 24.3 Å². The molecule has 6 heteroatoms. The van der Waals surface area contributed by atoms with Gasteiger partial charge in [-0.25, -0.2) is 0 Å². The van der Waals surface area contributed by atoms with E-state index in [0.717, 1.165) is 11.8 Å². The van der Waals surface area contributed by atoms with Gasteiger partial charge >= 0.3 is 0 Å². The fraction of sp³-hybridized carbons (Fsp3) is 0. The van der Waals surface area contributed by atoms with Gasteiger partial charge in [-0.15, -0.1) is 0 Å². The van der Waals surface area contributed by atoms with E-state index in [2.05, 4.69) is 9.97 Å². The Morgan fingerprint density at radius 3 is 2.18 bits per heavy atom. The van der Waals surface area contributed by atoms with Crippen LogP contribution in [0.3, 0.4) is 0 Å². The molecule has 92 valence electrons. The Hall–Kier alpha value is -2.15. The largest absolute Gasteiger partial charge is 0.412 e. The first-order valence-electron chi connectivity index (χ1n) is 4.22. The Bertz CT molecular complexity index is 448. The first-order valence-corrected chi connectivity index (χ1v) is 4.22. The number of pyridine rings is 2. The maximum atomic E-state index is 10.7. The minimum Gasteiger partial charge on any atom is -0.412 e. The number of hydrogen-bond acceptors (Lipinski definition) is 3. The molecule has 0 atom stereocenters. The molecule has 0 saturated heterocycles. The molecule has 2 aromatic rings. The number of aldehydes is 1. The summed E-state index contributed by atoms with van der Waals surface area (Å²) in [6, 6.07) is 7.15. The Morgan fingerprint density at radius 2 is 1.59 bits per heavy atom. The second kappa shape index (κ2) is 8.05. The highest BCUT2D eigenvalue weighted by atomic mass is 16.1. The van der Waals surface area contributed by atoms with Crippen molar-refractivity contribution >= 4 is 6.29 Å². The second-order valence-corrected chi connectivity index (χ2v) is 2.79. The number of rotatable bonds is 2. The van der Waals surface area contributed by atoms with Crippen LogP contribution < -0.4 is 0 Å². The third-order valence-electron chi connectivity index (χ3n) is 1.92. The summed E-state index contributed by atoms with van der Waals surface area (Å²) in [6.45, 7) is 0. The molecule has 2 rings (SSSR count). The van der Waals surface area contributed by atoms with Gasteiger partial charge in [0.05, 0.1) is 5.69 Å². The van der Waals surface area contributed by atoms with Gasteiger partial charge in [0.2, 0.25) is 0 Å². The minimum atomic E-state index is 0. The molecular weight excluding hydrogens is 224 g/mol. The summed E-state index contributed by atoms with van der Waals surface area (Å²) in [5.41, 5.74) is 2.20. The monoisotopic (exact) mass is 238 g/mol. The summed E-state index contributed by atoms with van der Waals surface area (Å²) in [6.07, 6.45) is 5.84. The maximum absolute atomic E-state index is 10.7. The van der Waals surface area contributed by atoms with E-state index in [1.54, 1.807) is 30.7 Å². The van der Waals surface area contributed by atoms with Crippen LogP contribution in [0.4, 0.5) is 0 Å². The van der Waals surface area contributed by atoms with E-state index in [1.165, 1.54) is 0 Å². The highest BCUT2D eigenvalue weighted by molar-refractivity contribution is 5.85. The zero-order valence-electron chi connectivity index (χ0n) is 8.92. The van der Waals surface area contributed by atoms with E-state index >= 15 is 0 Å². The van der Waals surface area contributed by atoms with Gasteiger partial charge in [-0.3, -0.25) is 14.8 Å². The van der Waals surface area contributed by atoms with Crippen molar-refractivity contribution in [3.8, 4) is 11.3 Å². The summed E-state index contributed by atoms with van der Waals surface area (Å²) >= 11 is 0. The van der Waals surface area contributed by atoms with Crippen LogP contribution in [0.5, 0.6) is 0 Å². The van der Waals surface area contributed by atoms with Crippen LogP contribution in [-0.4, -0.2) is 32.7 Å². The number of aromatic nitrogens is 2. The average Bonchev–Trinajstić information content (AvgIpc) is 2.30. The minimum absolute atomic E-state index is 0. The fourth-order valence-electron chi connectivity index (χ4n) is 1.26. The first-order chi connectivity index (χ1) is 6.92. The lowest BCUT2D eigenvalue weighted by atomic mass is 10.1. The summed E-state index contributed by atoms with van der Waals surface area (Å²) in [7, 11) is 0. The van der Waals surface area contributed by atoms with Crippen LogP contribution in [0.25, 0.3) is 11.3 Å². The summed E-state index contributed by atoms with van der Waals surface area (Å²) in [5, 5.41) is 0. The molecule has 0 spiro atoms. The Balaban J connectivity index is 0. The molecule has 0 unspecified atom stereocenters. The highest BCUT2D eigenvalue weighted by Crippen LogP contribution is 2.18. The van der Waals surface area contributed by atoms with Crippen molar-refractivity contribution in [1.29, 1.82) is 0 Å². The van der Waals surface area contributed by atoms with E-state index in [-0.39, 0.29) is 16.4 Å². The summed E-state index contributed by atoms with van der Waals surface area (Å²) < 4.78 is 0. The van der Waals surface area contributed by atoms with Crippen molar-refractivity contribution in [2.45, 2.75) is 0 Å². The van der Waals surface area contributed by atoms with E-state index in [4.69, 9.17) is 0 Å². The molecule has 0 aliphatic heterocycles. The lowest BCUT2D eigenvalue weighted by Gasteiger charge is -2.01. The third kappa shape index (κ3) is 3.72. The Kier molecular flexibility index (Phi) is 8.17. The fourth-order valence-corrected chi connectivity index (χ4v) is 1.26.